The largest absolute Gasteiger partial charge is 0.506 e. The Kier molecular flexibility index (Phi) is 4.67. The number of halogens is 1. The highest BCUT2D eigenvalue weighted by atomic mass is 79.9. The molecule has 0 aromatic heterocycles. The number of rotatable bonds is 2. The summed E-state index contributed by atoms with van der Waals surface area (Å²) in [5.41, 5.74) is 4.14. The van der Waals surface area contributed by atoms with Crippen molar-refractivity contribution in [2.45, 2.75) is 51.4 Å². The lowest BCUT2D eigenvalue weighted by Crippen LogP contribution is -2.31. The number of fused-ring (bicyclic) bond motifs is 1. The fourth-order valence-electron chi connectivity index (χ4n) is 3.72. The maximum Gasteiger partial charge on any atom is 0.133 e. The highest BCUT2D eigenvalue weighted by Crippen LogP contribution is 2.38. The number of phenolic OH excluding ortho intramolecular Hbond substituents is 1. The normalized spacial score (nSPS) is 23.1. The summed E-state index contributed by atoms with van der Waals surface area (Å²) in [6.07, 6.45) is 9.77. The third-order valence-electron chi connectivity index (χ3n) is 4.83. The van der Waals surface area contributed by atoms with Crippen LogP contribution in [0.1, 0.15) is 48.8 Å². The Labute approximate surface area is 130 Å². The molecule has 0 saturated carbocycles. The molecule has 1 aliphatic carbocycles. The number of hydrogen-bond donors (Lipinski definition) is 2. The second-order valence-corrected chi connectivity index (χ2v) is 7.15. The van der Waals surface area contributed by atoms with E-state index in [4.69, 9.17) is 0 Å². The SMILES string of the molecule is Oc1c(Br)cc2c(c1CC1CCCNC1)CCCCC2. The van der Waals surface area contributed by atoms with Crippen molar-refractivity contribution in [3.8, 4) is 5.75 Å². The first-order valence-corrected chi connectivity index (χ1v) is 8.78. The number of aryl methyl sites for hydroxylation is 1. The average molecular weight is 338 g/mol. The second kappa shape index (κ2) is 6.48. The second-order valence-electron chi connectivity index (χ2n) is 6.30. The molecule has 0 bridgehead atoms. The first-order valence-electron chi connectivity index (χ1n) is 7.98. The van der Waals surface area contributed by atoms with Crippen molar-refractivity contribution in [2.75, 3.05) is 13.1 Å². The molecule has 0 spiro atoms. The van der Waals surface area contributed by atoms with Gasteiger partial charge in [-0.2, -0.15) is 0 Å². The predicted octanol–water partition coefficient (Wildman–Crippen LogP) is 3.97. The quantitative estimate of drug-likeness (QED) is 0.800. The molecule has 1 aromatic rings. The summed E-state index contributed by atoms with van der Waals surface area (Å²) in [7, 11) is 0. The van der Waals surface area contributed by atoms with Gasteiger partial charge >= 0.3 is 0 Å². The Morgan fingerprint density at radius 1 is 1.20 bits per heavy atom. The summed E-state index contributed by atoms with van der Waals surface area (Å²) in [6.45, 7) is 2.25. The summed E-state index contributed by atoms with van der Waals surface area (Å²) in [5.74, 6) is 1.17. The zero-order chi connectivity index (χ0) is 13.9. The van der Waals surface area contributed by atoms with Gasteiger partial charge in [-0.3, -0.25) is 0 Å². The van der Waals surface area contributed by atoms with Gasteiger partial charge in [0.2, 0.25) is 0 Å². The van der Waals surface area contributed by atoms with Crippen LogP contribution < -0.4 is 5.32 Å². The summed E-state index contributed by atoms with van der Waals surface area (Å²) < 4.78 is 0.886. The fraction of sp³-hybridized carbons (Fsp3) is 0.647. The molecular weight excluding hydrogens is 314 g/mol. The van der Waals surface area contributed by atoms with Crippen LogP contribution in [-0.2, 0) is 19.3 Å². The topological polar surface area (TPSA) is 32.3 Å². The molecule has 1 saturated heterocycles. The monoisotopic (exact) mass is 337 g/mol. The van der Waals surface area contributed by atoms with Crippen molar-refractivity contribution in [3.05, 3.63) is 27.2 Å². The molecule has 1 aromatic carbocycles. The Morgan fingerprint density at radius 2 is 2.05 bits per heavy atom. The molecule has 20 heavy (non-hydrogen) atoms. The van der Waals surface area contributed by atoms with Gasteiger partial charge in [0.05, 0.1) is 4.47 Å². The molecule has 2 nitrogen and oxygen atoms in total. The minimum Gasteiger partial charge on any atom is -0.506 e. The number of phenols is 1. The van der Waals surface area contributed by atoms with Crippen LogP contribution in [0.3, 0.4) is 0 Å². The summed E-state index contributed by atoms with van der Waals surface area (Å²) in [5, 5.41) is 14.0. The van der Waals surface area contributed by atoms with Gasteiger partial charge in [0.25, 0.3) is 0 Å². The van der Waals surface area contributed by atoms with Crippen molar-refractivity contribution >= 4 is 15.9 Å². The molecule has 0 amide bonds. The summed E-state index contributed by atoms with van der Waals surface area (Å²) >= 11 is 3.55. The number of piperidine rings is 1. The van der Waals surface area contributed by atoms with Gasteiger partial charge in [-0.05, 0) is 103 Å². The van der Waals surface area contributed by atoms with Crippen molar-refractivity contribution < 1.29 is 5.11 Å². The van der Waals surface area contributed by atoms with E-state index >= 15 is 0 Å². The minimum atomic E-state index is 0.497. The van der Waals surface area contributed by atoms with E-state index in [-0.39, 0.29) is 0 Å². The number of benzene rings is 1. The first-order chi connectivity index (χ1) is 9.75. The van der Waals surface area contributed by atoms with E-state index in [9.17, 15) is 5.11 Å². The lowest BCUT2D eigenvalue weighted by Gasteiger charge is -2.25. The highest BCUT2D eigenvalue weighted by Gasteiger charge is 2.22. The van der Waals surface area contributed by atoms with Gasteiger partial charge in [-0.1, -0.05) is 6.42 Å². The lowest BCUT2D eigenvalue weighted by molar-refractivity contribution is 0.368. The van der Waals surface area contributed by atoms with E-state index in [1.54, 1.807) is 0 Å². The summed E-state index contributed by atoms with van der Waals surface area (Å²) in [4.78, 5) is 0. The molecule has 1 fully saturated rings. The third-order valence-corrected chi connectivity index (χ3v) is 5.43. The molecule has 110 valence electrons. The Hall–Kier alpha value is -0.540. The Morgan fingerprint density at radius 3 is 2.85 bits per heavy atom. The van der Waals surface area contributed by atoms with Crippen LogP contribution in [0.25, 0.3) is 0 Å². The van der Waals surface area contributed by atoms with Crippen LogP contribution in [-0.4, -0.2) is 18.2 Å². The molecule has 2 aliphatic rings. The van der Waals surface area contributed by atoms with Crippen molar-refractivity contribution in [1.29, 1.82) is 0 Å². The zero-order valence-electron chi connectivity index (χ0n) is 12.1. The van der Waals surface area contributed by atoms with Crippen LogP contribution in [0, 0.1) is 5.92 Å². The summed E-state index contributed by atoms with van der Waals surface area (Å²) in [6, 6.07) is 2.15. The third kappa shape index (κ3) is 3.04. The van der Waals surface area contributed by atoms with Crippen LogP contribution in [0.4, 0.5) is 0 Å². The number of aromatic hydroxyl groups is 1. The van der Waals surface area contributed by atoms with E-state index in [1.807, 2.05) is 0 Å². The molecule has 3 heteroatoms. The molecule has 2 N–H and O–H groups in total. The van der Waals surface area contributed by atoms with Crippen LogP contribution >= 0.6 is 15.9 Å². The first kappa shape index (κ1) is 14.4. The number of hydrogen-bond acceptors (Lipinski definition) is 2. The van der Waals surface area contributed by atoms with E-state index in [1.165, 1.54) is 55.2 Å². The van der Waals surface area contributed by atoms with Gasteiger partial charge in [0.1, 0.15) is 5.75 Å². The highest BCUT2D eigenvalue weighted by molar-refractivity contribution is 9.10. The zero-order valence-corrected chi connectivity index (χ0v) is 13.6. The number of nitrogens with one attached hydrogen (secondary N) is 1. The average Bonchev–Trinajstić information content (AvgIpc) is 2.70. The van der Waals surface area contributed by atoms with Gasteiger partial charge in [0.15, 0.2) is 0 Å². The molecule has 1 aliphatic heterocycles. The van der Waals surface area contributed by atoms with Gasteiger partial charge in [0, 0.05) is 0 Å². The molecule has 1 unspecified atom stereocenters. The maximum atomic E-state index is 10.5. The molecule has 3 rings (SSSR count). The molecular formula is C17H24BrNO. The molecule has 1 heterocycles. The van der Waals surface area contributed by atoms with Gasteiger partial charge < -0.3 is 10.4 Å². The lowest BCUT2D eigenvalue weighted by atomic mass is 9.87. The smallest absolute Gasteiger partial charge is 0.133 e. The van der Waals surface area contributed by atoms with E-state index in [2.05, 4.69) is 27.3 Å². The van der Waals surface area contributed by atoms with Crippen molar-refractivity contribution in [3.63, 3.8) is 0 Å². The molecule has 1 atom stereocenters. The van der Waals surface area contributed by atoms with Crippen molar-refractivity contribution in [1.82, 2.24) is 5.32 Å². The fourth-order valence-corrected chi connectivity index (χ4v) is 4.24. The van der Waals surface area contributed by atoms with E-state index in [0.717, 1.165) is 30.4 Å². The van der Waals surface area contributed by atoms with Crippen molar-refractivity contribution in [2.24, 2.45) is 5.92 Å². The standard InChI is InChI=1S/C17H24BrNO/c18-16-10-13-6-2-1-3-7-14(13)15(17(16)20)9-12-5-4-8-19-11-12/h10,12,19-20H,1-9,11H2. The van der Waals surface area contributed by atoms with Crippen LogP contribution in [0.2, 0.25) is 0 Å². The van der Waals surface area contributed by atoms with Gasteiger partial charge in [-0.15, -0.1) is 0 Å². The predicted molar refractivity (Wildman–Crippen MR) is 86.4 cm³/mol. The van der Waals surface area contributed by atoms with Crippen LogP contribution in [0.5, 0.6) is 5.75 Å². The van der Waals surface area contributed by atoms with Gasteiger partial charge in [-0.25, -0.2) is 0 Å². The molecule has 0 radical (unpaired) electrons. The van der Waals surface area contributed by atoms with E-state index < -0.39 is 0 Å². The minimum absolute atomic E-state index is 0.497. The van der Waals surface area contributed by atoms with Crippen LogP contribution in [0.15, 0.2) is 10.5 Å². The van der Waals surface area contributed by atoms with E-state index in [0.29, 0.717) is 11.7 Å². The Bertz CT molecular complexity index is 480. The Balaban J connectivity index is 1.92. The maximum absolute atomic E-state index is 10.5.